The highest BCUT2D eigenvalue weighted by molar-refractivity contribution is 6.21. The smallest absolute Gasteiger partial charge is 0.120 e. The van der Waals surface area contributed by atoms with Gasteiger partial charge in [0.15, 0.2) is 0 Å². The van der Waals surface area contributed by atoms with Crippen LogP contribution >= 0.6 is 11.6 Å². The Kier molecular flexibility index (Phi) is 6.32. The van der Waals surface area contributed by atoms with E-state index in [-0.39, 0.29) is 5.38 Å². The predicted octanol–water partition coefficient (Wildman–Crippen LogP) is 5.03. The first-order valence-electron chi connectivity index (χ1n) is 6.17. The van der Waals surface area contributed by atoms with Crippen LogP contribution in [0.3, 0.4) is 0 Å². The van der Waals surface area contributed by atoms with Crippen molar-refractivity contribution in [1.29, 1.82) is 0 Å². The Hall–Kier alpha value is -0.690. The van der Waals surface area contributed by atoms with Crippen LogP contribution in [0.25, 0.3) is 0 Å². The van der Waals surface area contributed by atoms with Gasteiger partial charge in [-0.05, 0) is 12.5 Å². The zero-order valence-electron chi connectivity index (χ0n) is 9.95. The van der Waals surface area contributed by atoms with Gasteiger partial charge >= 0.3 is 0 Å². The number of phenols is 1. The van der Waals surface area contributed by atoms with Crippen LogP contribution in [0.1, 0.15) is 56.4 Å². The quantitative estimate of drug-likeness (QED) is 0.523. The van der Waals surface area contributed by atoms with Crippen LogP contribution in [-0.2, 0) is 0 Å². The molecule has 0 saturated carbocycles. The van der Waals surface area contributed by atoms with Crippen molar-refractivity contribution in [2.45, 2.75) is 50.8 Å². The fraction of sp³-hybridized carbons (Fsp3) is 0.571. The van der Waals surface area contributed by atoms with E-state index in [0.29, 0.717) is 5.75 Å². The summed E-state index contributed by atoms with van der Waals surface area (Å²) < 4.78 is 0. The SMILES string of the molecule is CCCCCCCC(Cl)c1ccccc1O. The highest BCUT2D eigenvalue weighted by Crippen LogP contribution is 2.32. The Morgan fingerprint density at radius 1 is 1.12 bits per heavy atom. The Bertz CT molecular complexity index is 299. The minimum atomic E-state index is -0.0529. The topological polar surface area (TPSA) is 20.2 Å². The van der Waals surface area contributed by atoms with Gasteiger partial charge in [0.2, 0.25) is 0 Å². The zero-order valence-corrected chi connectivity index (χ0v) is 10.7. The molecule has 0 aromatic heterocycles. The molecule has 0 bridgehead atoms. The molecular weight excluding hydrogens is 220 g/mol. The van der Waals surface area contributed by atoms with Crippen molar-refractivity contribution >= 4 is 11.6 Å². The zero-order chi connectivity index (χ0) is 11.8. The number of halogens is 1. The fourth-order valence-electron chi connectivity index (χ4n) is 1.84. The van der Waals surface area contributed by atoms with Crippen molar-refractivity contribution in [2.24, 2.45) is 0 Å². The molecule has 0 aliphatic rings. The van der Waals surface area contributed by atoms with Gasteiger partial charge in [-0.1, -0.05) is 57.2 Å². The Morgan fingerprint density at radius 3 is 2.50 bits per heavy atom. The van der Waals surface area contributed by atoms with Crippen LogP contribution in [-0.4, -0.2) is 5.11 Å². The standard InChI is InChI=1S/C14H21ClO/c1-2-3-4-5-6-10-13(15)12-9-7-8-11-14(12)16/h7-9,11,13,16H,2-6,10H2,1H3. The van der Waals surface area contributed by atoms with Crippen LogP contribution in [0, 0.1) is 0 Å². The van der Waals surface area contributed by atoms with Crippen molar-refractivity contribution in [3.63, 3.8) is 0 Å². The Labute approximate surface area is 103 Å². The van der Waals surface area contributed by atoms with Crippen molar-refractivity contribution in [2.75, 3.05) is 0 Å². The molecule has 1 aromatic carbocycles. The molecular formula is C14H21ClO. The molecule has 0 aliphatic heterocycles. The molecule has 0 radical (unpaired) electrons. The van der Waals surface area contributed by atoms with Gasteiger partial charge in [-0.2, -0.15) is 0 Å². The van der Waals surface area contributed by atoms with Gasteiger partial charge < -0.3 is 5.11 Å². The van der Waals surface area contributed by atoms with Crippen LogP contribution in [0.4, 0.5) is 0 Å². The molecule has 0 aliphatic carbocycles. The molecule has 90 valence electrons. The number of para-hydroxylation sites is 1. The van der Waals surface area contributed by atoms with Gasteiger partial charge in [0.1, 0.15) is 5.75 Å². The average molecular weight is 241 g/mol. The van der Waals surface area contributed by atoms with Gasteiger partial charge in [0.25, 0.3) is 0 Å². The van der Waals surface area contributed by atoms with E-state index in [0.717, 1.165) is 18.4 Å². The molecule has 0 heterocycles. The average Bonchev–Trinajstić information content (AvgIpc) is 2.29. The summed E-state index contributed by atoms with van der Waals surface area (Å²) in [6.07, 6.45) is 7.20. The van der Waals surface area contributed by atoms with Gasteiger partial charge in [0, 0.05) is 5.56 Å². The Balaban J connectivity index is 2.30. The van der Waals surface area contributed by atoms with Crippen LogP contribution < -0.4 is 0 Å². The van der Waals surface area contributed by atoms with E-state index in [9.17, 15) is 5.11 Å². The minimum absolute atomic E-state index is 0.0529. The highest BCUT2D eigenvalue weighted by atomic mass is 35.5. The fourth-order valence-corrected chi connectivity index (χ4v) is 2.17. The van der Waals surface area contributed by atoms with Gasteiger partial charge in [0.05, 0.1) is 5.38 Å². The molecule has 1 atom stereocenters. The van der Waals surface area contributed by atoms with Crippen molar-refractivity contribution in [3.8, 4) is 5.75 Å². The summed E-state index contributed by atoms with van der Waals surface area (Å²) in [6.45, 7) is 2.21. The molecule has 1 nitrogen and oxygen atoms in total. The number of hydrogen-bond donors (Lipinski definition) is 1. The van der Waals surface area contributed by atoms with E-state index in [2.05, 4.69) is 6.92 Å². The van der Waals surface area contributed by atoms with Crippen LogP contribution in [0.5, 0.6) is 5.75 Å². The number of rotatable bonds is 7. The second-order valence-electron chi connectivity index (χ2n) is 4.23. The number of hydrogen-bond acceptors (Lipinski definition) is 1. The molecule has 1 N–H and O–H groups in total. The molecule has 16 heavy (non-hydrogen) atoms. The predicted molar refractivity (Wildman–Crippen MR) is 70.1 cm³/mol. The summed E-state index contributed by atoms with van der Waals surface area (Å²) in [5.41, 5.74) is 0.861. The van der Waals surface area contributed by atoms with Crippen LogP contribution in [0.2, 0.25) is 0 Å². The number of aromatic hydroxyl groups is 1. The summed E-state index contributed by atoms with van der Waals surface area (Å²) in [6, 6.07) is 7.34. The maximum Gasteiger partial charge on any atom is 0.120 e. The third kappa shape index (κ3) is 4.44. The summed E-state index contributed by atoms with van der Waals surface area (Å²) in [5, 5.41) is 9.58. The molecule has 0 fully saturated rings. The molecule has 1 rings (SSSR count). The first-order chi connectivity index (χ1) is 7.75. The number of unbranched alkanes of at least 4 members (excludes halogenated alkanes) is 4. The maximum atomic E-state index is 9.64. The summed E-state index contributed by atoms with van der Waals surface area (Å²) in [5.74, 6) is 0.316. The summed E-state index contributed by atoms with van der Waals surface area (Å²) in [4.78, 5) is 0. The highest BCUT2D eigenvalue weighted by Gasteiger charge is 2.10. The third-order valence-electron chi connectivity index (χ3n) is 2.84. The normalized spacial score (nSPS) is 12.6. The van der Waals surface area contributed by atoms with Gasteiger partial charge in [-0.3, -0.25) is 0 Å². The van der Waals surface area contributed by atoms with Gasteiger partial charge in [-0.15, -0.1) is 11.6 Å². The van der Waals surface area contributed by atoms with E-state index in [1.807, 2.05) is 18.2 Å². The van der Waals surface area contributed by atoms with Crippen molar-refractivity contribution < 1.29 is 5.11 Å². The van der Waals surface area contributed by atoms with Crippen molar-refractivity contribution in [3.05, 3.63) is 29.8 Å². The van der Waals surface area contributed by atoms with E-state index in [1.165, 1.54) is 25.7 Å². The molecule has 1 aromatic rings. The molecule has 0 saturated heterocycles. The molecule has 1 unspecified atom stereocenters. The lowest BCUT2D eigenvalue weighted by Crippen LogP contribution is -1.91. The molecule has 0 spiro atoms. The monoisotopic (exact) mass is 240 g/mol. The van der Waals surface area contributed by atoms with Gasteiger partial charge in [-0.25, -0.2) is 0 Å². The first kappa shape index (κ1) is 13.4. The van der Waals surface area contributed by atoms with Crippen LogP contribution in [0.15, 0.2) is 24.3 Å². The maximum absolute atomic E-state index is 9.64. The minimum Gasteiger partial charge on any atom is -0.508 e. The molecule has 2 heteroatoms. The van der Waals surface area contributed by atoms with E-state index >= 15 is 0 Å². The summed E-state index contributed by atoms with van der Waals surface area (Å²) in [7, 11) is 0. The number of benzene rings is 1. The molecule has 0 amide bonds. The lowest BCUT2D eigenvalue weighted by molar-refractivity contribution is 0.464. The van der Waals surface area contributed by atoms with E-state index in [4.69, 9.17) is 11.6 Å². The van der Waals surface area contributed by atoms with E-state index < -0.39 is 0 Å². The second-order valence-corrected chi connectivity index (χ2v) is 4.76. The third-order valence-corrected chi connectivity index (χ3v) is 3.29. The second kappa shape index (κ2) is 7.56. The lowest BCUT2D eigenvalue weighted by Gasteiger charge is -2.11. The first-order valence-corrected chi connectivity index (χ1v) is 6.61. The van der Waals surface area contributed by atoms with Crippen molar-refractivity contribution in [1.82, 2.24) is 0 Å². The largest absolute Gasteiger partial charge is 0.508 e. The summed E-state index contributed by atoms with van der Waals surface area (Å²) >= 11 is 6.26. The van der Waals surface area contributed by atoms with E-state index in [1.54, 1.807) is 6.07 Å². The Morgan fingerprint density at radius 2 is 1.81 bits per heavy atom. The number of alkyl halides is 1. The lowest BCUT2D eigenvalue weighted by atomic mass is 10.0. The number of phenolic OH excluding ortho intramolecular Hbond substituents is 1.